The molecule has 6 nitrogen and oxygen atoms in total. The number of rotatable bonds is 5. The van der Waals surface area contributed by atoms with Crippen molar-refractivity contribution in [1.82, 2.24) is 4.90 Å². The second kappa shape index (κ2) is 6.80. The van der Waals surface area contributed by atoms with Gasteiger partial charge in [-0.2, -0.15) is 0 Å². The van der Waals surface area contributed by atoms with Crippen molar-refractivity contribution in [2.24, 2.45) is 0 Å². The summed E-state index contributed by atoms with van der Waals surface area (Å²) in [4.78, 5) is 24.5. The Labute approximate surface area is 136 Å². The average molecular weight is 339 g/mol. The molecule has 1 fully saturated rings. The monoisotopic (exact) mass is 339 g/mol. The van der Waals surface area contributed by atoms with Crippen LogP contribution in [-0.2, 0) is 9.59 Å². The zero-order valence-electron chi connectivity index (χ0n) is 11.9. The molecule has 1 aromatic rings. The van der Waals surface area contributed by atoms with Gasteiger partial charge in [0.2, 0.25) is 0 Å². The van der Waals surface area contributed by atoms with Crippen LogP contribution in [0.4, 0.5) is 0 Å². The van der Waals surface area contributed by atoms with E-state index in [4.69, 9.17) is 26.8 Å². The molecule has 1 aromatic carbocycles. The Morgan fingerprint density at radius 1 is 1.50 bits per heavy atom. The molecule has 0 radical (unpaired) electrons. The van der Waals surface area contributed by atoms with Gasteiger partial charge in [0.15, 0.2) is 6.61 Å². The molecule has 1 saturated heterocycles. The van der Waals surface area contributed by atoms with Crippen molar-refractivity contribution in [2.45, 2.75) is 0 Å². The van der Waals surface area contributed by atoms with Crippen molar-refractivity contribution in [3.8, 4) is 11.5 Å². The Morgan fingerprint density at radius 3 is 2.77 bits per heavy atom. The fourth-order valence-electron chi connectivity index (χ4n) is 1.72. The van der Waals surface area contributed by atoms with Crippen molar-refractivity contribution in [1.29, 1.82) is 0 Å². The number of ether oxygens (including phenoxy) is 2. The minimum absolute atomic E-state index is 0.206. The Balaban J connectivity index is 2.37. The number of carbonyl (C=O) groups excluding carboxylic acids is 1. The smallest absolute Gasteiger partial charge is 0.341 e. The Hall–Kier alpha value is -2.06. The fourth-order valence-corrected chi connectivity index (χ4v) is 2.89. The number of hydrogen-bond acceptors (Lipinski definition) is 6. The number of carboxylic acid groups (broad SMARTS) is 1. The van der Waals surface area contributed by atoms with E-state index in [0.29, 0.717) is 26.3 Å². The van der Waals surface area contributed by atoms with Gasteiger partial charge >= 0.3 is 5.97 Å². The number of amides is 1. The van der Waals surface area contributed by atoms with Gasteiger partial charge in [0.05, 0.1) is 12.0 Å². The summed E-state index contributed by atoms with van der Waals surface area (Å²) >= 11 is 6.25. The first-order chi connectivity index (χ1) is 10.4. The number of aliphatic carboxylic acids is 1. The zero-order valence-corrected chi connectivity index (χ0v) is 13.5. The minimum Gasteiger partial charge on any atom is -0.497 e. The van der Waals surface area contributed by atoms with Gasteiger partial charge in [-0.25, -0.2) is 4.79 Å². The molecule has 116 valence electrons. The molecule has 1 heterocycles. The van der Waals surface area contributed by atoms with E-state index in [2.05, 4.69) is 0 Å². The van der Waals surface area contributed by atoms with Gasteiger partial charge in [0, 0.05) is 12.6 Å². The molecule has 0 aromatic heterocycles. The maximum atomic E-state index is 12.0. The molecule has 1 amide bonds. The molecular weight excluding hydrogens is 326 g/mol. The quantitative estimate of drug-likeness (QED) is 0.649. The second-order valence-electron chi connectivity index (χ2n) is 4.33. The molecule has 0 bridgehead atoms. The lowest BCUT2D eigenvalue weighted by molar-refractivity contribution is -0.139. The molecule has 8 heteroatoms. The molecular formula is C14H13NO5S2. The highest BCUT2D eigenvalue weighted by Gasteiger charge is 2.29. The van der Waals surface area contributed by atoms with Crippen LogP contribution >= 0.6 is 24.0 Å². The highest BCUT2D eigenvalue weighted by molar-refractivity contribution is 8.26. The number of nitrogens with zero attached hydrogens (tertiary/aromatic N) is 1. The van der Waals surface area contributed by atoms with Gasteiger partial charge in [0.25, 0.3) is 5.91 Å². The zero-order chi connectivity index (χ0) is 16.3. The minimum atomic E-state index is -1.08. The van der Waals surface area contributed by atoms with E-state index in [0.717, 1.165) is 0 Å². The molecule has 0 saturated carbocycles. The van der Waals surface area contributed by atoms with Crippen LogP contribution in [0.15, 0.2) is 23.1 Å². The number of thiocarbonyl (C=S) groups is 1. The van der Waals surface area contributed by atoms with E-state index in [-0.39, 0.29) is 5.91 Å². The maximum absolute atomic E-state index is 12.0. The van der Waals surface area contributed by atoms with E-state index < -0.39 is 12.6 Å². The Kier molecular flexibility index (Phi) is 5.04. The molecule has 0 spiro atoms. The number of benzene rings is 1. The van der Waals surface area contributed by atoms with Crippen molar-refractivity contribution in [2.75, 3.05) is 20.8 Å². The summed E-state index contributed by atoms with van der Waals surface area (Å²) in [6, 6.07) is 4.92. The van der Waals surface area contributed by atoms with Crippen LogP contribution in [0.1, 0.15) is 5.56 Å². The van der Waals surface area contributed by atoms with Crippen LogP contribution in [0.25, 0.3) is 6.08 Å². The van der Waals surface area contributed by atoms with Gasteiger partial charge in [-0.1, -0.05) is 24.0 Å². The van der Waals surface area contributed by atoms with Crippen molar-refractivity contribution < 1.29 is 24.2 Å². The lowest BCUT2D eigenvalue weighted by atomic mass is 10.1. The summed E-state index contributed by atoms with van der Waals surface area (Å²) < 4.78 is 10.8. The van der Waals surface area contributed by atoms with E-state index in [1.807, 2.05) is 0 Å². The normalized spacial score (nSPS) is 16.3. The van der Waals surface area contributed by atoms with Gasteiger partial charge < -0.3 is 14.6 Å². The van der Waals surface area contributed by atoms with E-state index in [1.54, 1.807) is 31.3 Å². The number of carbonyl (C=O) groups is 2. The molecule has 0 atom stereocenters. The first-order valence-electron chi connectivity index (χ1n) is 6.16. The molecule has 0 aliphatic carbocycles. The first kappa shape index (κ1) is 16.3. The van der Waals surface area contributed by atoms with Crippen molar-refractivity contribution in [3.63, 3.8) is 0 Å². The third-order valence-electron chi connectivity index (χ3n) is 2.84. The second-order valence-corrected chi connectivity index (χ2v) is 6.00. The standard InChI is InChI=1S/C14H13NO5S2/c1-15-13(18)11(22-14(15)21)6-8-5-9(19-2)3-4-10(8)20-7-12(16)17/h3-6H,7H2,1-2H3,(H,16,17)/b11-6+. The van der Waals surface area contributed by atoms with Crippen LogP contribution in [0.3, 0.4) is 0 Å². The summed E-state index contributed by atoms with van der Waals surface area (Å²) in [5.41, 5.74) is 0.551. The Bertz CT molecular complexity index is 671. The van der Waals surface area contributed by atoms with Crippen LogP contribution in [0.5, 0.6) is 11.5 Å². The van der Waals surface area contributed by atoms with Crippen LogP contribution in [0, 0.1) is 0 Å². The third kappa shape index (κ3) is 3.58. The summed E-state index contributed by atoms with van der Waals surface area (Å²) in [5, 5.41) is 8.72. The lowest BCUT2D eigenvalue weighted by Crippen LogP contribution is -2.22. The predicted octanol–water partition coefficient (Wildman–Crippen LogP) is 1.99. The third-order valence-corrected chi connectivity index (χ3v) is 4.33. The topological polar surface area (TPSA) is 76.1 Å². The van der Waals surface area contributed by atoms with Gasteiger partial charge in [-0.3, -0.25) is 9.69 Å². The molecule has 1 aliphatic rings. The van der Waals surface area contributed by atoms with Crippen LogP contribution in [0.2, 0.25) is 0 Å². The number of likely N-dealkylation sites (N-methyl/N-ethyl adjacent to an activating group) is 1. The molecule has 1 N–H and O–H groups in total. The van der Waals surface area contributed by atoms with E-state index in [9.17, 15) is 9.59 Å². The highest BCUT2D eigenvalue weighted by atomic mass is 32.2. The molecule has 22 heavy (non-hydrogen) atoms. The molecule has 1 aliphatic heterocycles. The highest BCUT2D eigenvalue weighted by Crippen LogP contribution is 2.34. The SMILES string of the molecule is COc1ccc(OCC(=O)O)c(/C=C2/SC(=S)N(C)C2=O)c1. The summed E-state index contributed by atoms with van der Waals surface area (Å²) in [7, 11) is 3.12. The van der Waals surface area contributed by atoms with E-state index >= 15 is 0 Å². The van der Waals surface area contributed by atoms with Crippen molar-refractivity contribution in [3.05, 3.63) is 28.7 Å². The average Bonchev–Trinajstić information content (AvgIpc) is 2.73. The number of carboxylic acids is 1. The lowest BCUT2D eigenvalue weighted by Gasteiger charge is -2.09. The summed E-state index contributed by atoms with van der Waals surface area (Å²) in [5.74, 6) is -0.367. The van der Waals surface area contributed by atoms with Gasteiger partial charge in [-0.05, 0) is 24.3 Å². The summed E-state index contributed by atoms with van der Waals surface area (Å²) in [6.45, 7) is -0.470. The van der Waals surface area contributed by atoms with Gasteiger partial charge in [0.1, 0.15) is 15.8 Å². The molecule has 0 unspecified atom stereocenters. The number of methoxy groups -OCH3 is 1. The Morgan fingerprint density at radius 2 is 2.23 bits per heavy atom. The van der Waals surface area contributed by atoms with Gasteiger partial charge in [-0.15, -0.1) is 0 Å². The van der Waals surface area contributed by atoms with E-state index in [1.165, 1.54) is 23.8 Å². The van der Waals surface area contributed by atoms with Crippen molar-refractivity contribution >= 4 is 46.3 Å². The van der Waals surface area contributed by atoms with Crippen LogP contribution in [-0.4, -0.2) is 47.0 Å². The first-order valence-corrected chi connectivity index (χ1v) is 7.39. The molecule has 2 rings (SSSR count). The number of thioether (sulfide) groups is 1. The van der Waals surface area contributed by atoms with Crippen LogP contribution < -0.4 is 9.47 Å². The largest absolute Gasteiger partial charge is 0.497 e. The number of hydrogen-bond donors (Lipinski definition) is 1. The predicted molar refractivity (Wildman–Crippen MR) is 87.1 cm³/mol. The summed E-state index contributed by atoms with van der Waals surface area (Å²) in [6.07, 6.45) is 1.61. The fraction of sp³-hybridized carbons (Fsp3) is 0.214. The maximum Gasteiger partial charge on any atom is 0.341 e.